The fourth-order valence-electron chi connectivity index (χ4n) is 6.16. The summed E-state index contributed by atoms with van der Waals surface area (Å²) in [7, 11) is 4.67. The molecule has 2 aromatic carbocycles. The van der Waals surface area contributed by atoms with Crippen molar-refractivity contribution in [2.45, 2.75) is 64.3 Å². The van der Waals surface area contributed by atoms with Gasteiger partial charge in [0.05, 0.1) is 33.1 Å². The topological polar surface area (TPSA) is 126 Å². The number of benzene rings is 1. The number of anilines is 1. The number of aliphatic carboxylic acids is 1. The Morgan fingerprint density at radius 1 is 1.03 bits per heavy atom. The Labute approximate surface area is 228 Å². The van der Waals surface area contributed by atoms with Gasteiger partial charge >= 0.3 is 0 Å². The van der Waals surface area contributed by atoms with E-state index in [0.29, 0.717) is 47.9 Å². The van der Waals surface area contributed by atoms with Crippen LogP contribution in [0.1, 0.15) is 69.0 Å². The molecule has 1 atom stereocenters. The van der Waals surface area contributed by atoms with Crippen molar-refractivity contribution >= 4 is 17.6 Å². The molecule has 0 saturated heterocycles. The summed E-state index contributed by atoms with van der Waals surface area (Å²) in [6.45, 7) is 1.82. The number of methoxy groups -OCH3 is 3. The van der Waals surface area contributed by atoms with Gasteiger partial charge in [0.25, 0.3) is 0 Å². The molecule has 1 saturated carbocycles. The molecule has 0 aliphatic heterocycles. The molecule has 0 radical (unpaired) electrons. The van der Waals surface area contributed by atoms with Gasteiger partial charge in [-0.15, -0.1) is 0 Å². The van der Waals surface area contributed by atoms with Gasteiger partial charge in [-0.3, -0.25) is 9.59 Å². The number of carbonyl (C=O) groups is 2. The van der Waals surface area contributed by atoms with Crippen molar-refractivity contribution in [1.82, 2.24) is 5.32 Å². The highest BCUT2D eigenvalue weighted by Gasteiger charge is 2.33. The summed E-state index contributed by atoms with van der Waals surface area (Å²) in [5, 5.41) is 17.8. The predicted molar refractivity (Wildman–Crippen MR) is 146 cm³/mol. The van der Waals surface area contributed by atoms with Gasteiger partial charge in [-0.2, -0.15) is 0 Å². The zero-order valence-corrected chi connectivity index (χ0v) is 23.1. The van der Waals surface area contributed by atoms with Gasteiger partial charge < -0.3 is 34.7 Å². The SMILES string of the molecule is COc1cc2c(c(OC)c1OC)-c1ccc(NCC3(CC(=O)[O-])CCCCC3)c(=O)cc1[C@@H](NC(C)=O)CC2. The average molecular weight is 538 g/mol. The van der Waals surface area contributed by atoms with Gasteiger partial charge in [-0.1, -0.05) is 25.3 Å². The number of ether oxygens (including phenoxy) is 3. The van der Waals surface area contributed by atoms with Crippen LogP contribution in [-0.4, -0.2) is 39.8 Å². The number of carbonyl (C=O) groups excluding carboxylic acids is 2. The highest BCUT2D eigenvalue weighted by molar-refractivity contribution is 5.83. The van der Waals surface area contributed by atoms with Gasteiger partial charge in [-0.05, 0) is 72.4 Å². The molecule has 39 heavy (non-hydrogen) atoms. The molecule has 1 amide bonds. The average Bonchev–Trinajstić information content (AvgIpc) is 3.15. The summed E-state index contributed by atoms with van der Waals surface area (Å²) >= 11 is 0. The Kier molecular flexibility index (Phi) is 8.67. The van der Waals surface area contributed by atoms with E-state index in [1.807, 2.05) is 12.1 Å². The second-order valence-corrected chi connectivity index (χ2v) is 10.6. The highest BCUT2D eigenvalue weighted by atomic mass is 16.5. The summed E-state index contributed by atoms with van der Waals surface area (Å²) in [6, 6.07) is 6.66. The summed E-state index contributed by atoms with van der Waals surface area (Å²) in [5.41, 5.74) is 2.82. The maximum Gasteiger partial charge on any atom is 0.217 e. The van der Waals surface area contributed by atoms with Gasteiger partial charge in [0.15, 0.2) is 11.5 Å². The first-order valence-electron chi connectivity index (χ1n) is 13.4. The fraction of sp³-hybridized carbons (Fsp3) is 0.500. The summed E-state index contributed by atoms with van der Waals surface area (Å²) in [6.07, 6.45) is 5.67. The maximum absolute atomic E-state index is 13.5. The Morgan fingerprint density at radius 2 is 1.74 bits per heavy atom. The Balaban J connectivity index is 1.85. The lowest BCUT2D eigenvalue weighted by Gasteiger charge is -2.38. The summed E-state index contributed by atoms with van der Waals surface area (Å²) in [5.74, 6) is 0.192. The van der Waals surface area contributed by atoms with Crippen LogP contribution in [0.15, 0.2) is 29.1 Å². The summed E-state index contributed by atoms with van der Waals surface area (Å²) in [4.78, 5) is 37.2. The van der Waals surface area contributed by atoms with E-state index in [2.05, 4.69) is 10.6 Å². The molecular formula is C30H37N2O7-. The molecular weight excluding hydrogens is 500 g/mol. The number of rotatable bonds is 9. The van der Waals surface area contributed by atoms with E-state index in [-0.39, 0.29) is 17.8 Å². The minimum Gasteiger partial charge on any atom is -0.550 e. The maximum atomic E-state index is 13.5. The first-order valence-corrected chi connectivity index (χ1v) is 13.4. The molecule has 2 aromatic rings. The lowest BCUT2D eigenvalue weighted by molar-refractivity contribution is -0.308. The minimum atomic E-state index is -1.07. The molecule has 0 unspecified atom stereocenters. The Bertz CT molecular complexity index is 1300. The van der Waals surface area contributed by atoms with E-state index in [0.717, 1.165) is 48.8 Å². The number of hydrogen-bond acceptors (Lipinski definition) is 8. The zero-order chi connectivity index (χ0) is 28.2. The quantitative estimate of drug-likeness (QED) is 0.499. The zero-order valence-electron chi connectivity index (χ0n) is 23.1. The van der Waals surface area contributed by atoms with Gasteiger partial charge in [0.1, 0.15) is 0 Å². The molecule has 0 bridgehead atoms. The van der Waals surface area contributed by atoms with Crippen LogP contribution in [0.2, 0.25) is 0 Å². The molecule has 9 nitrogen and oxygen atoms in total. The first kappa shape index (κ1) is 28.3. The number of carboxylic acid groups (broad SMARTS) is 1. The fourth-order valence-corrected chi connectivity index (χ4v) is 6.16. The number of nitrogens with one attached hydrogen (secondary N) is 2. The molecule has 4 rings (SSSR count). The van der Waals surface area contributed by atoms with E-state index in [4.69, 9.17) is 14.2 Å². The monoisotopic (exact) mass is 537 g/mol. The molecule has 2 N–H and O–H groups in total. The highest BCUT2D eigenvalue weighted by Crippen LogP contribution is 2.50. The Hall–Kier alpha value is -3.75. The molecule has 210 valence electrons. The normalized spacial score (nSPS) is 17.6. The molecule has 2 aliphatic carbocycles. The van der Waals surface area contributed by atoms with Crippen molar-refractivity contribution < 1.29 is 28.9 Å². The number of amides is 1. The molecule has 0 heterocycles. The lowest BCUT2D eigenvalue weighted by atomic mass is 9.71. The number of carboxylic acids is 1. The van der Waals surface area contributed by atoms with E-state index in [9.17, 15) is 19.5 Å². The van der Waals surface area contributed by atoms with Crippen molar-refractivity contribution in [2.24, 2.45) is 5.41 Å². The molecule has 2 aliphatic rings. The first-order chi connectivity index (χ1) is 18.7. The van der Waals surface area contributed by atoms with Crippen LogP contribution in [0.3, 0.4) is 0 Å². The molecule has 0 spiro atoms. The van der Waals surface area contributed by atoms with Crippen LogP contribution in [0.25, 0.3) is 11.1 Å². The van der Waals surface area contributed by atoms with Crippen molar-refractivity contribution in [3.63, 3.8) is 0 Å². The Morgan fingerprint density at radius 3 is 2.36 bits per heavy atom. The largest absolute Gasteiger partial charge is 0.550 e. The van der Waals surface area contributed by atoms with Gasteiger partial charge in [0, 0.05) is 25.0 Å². The summed E-state index contributed by atoms with van der Waals surface area (Å²) < 4.78 is 17.0. The van der Waals surface area contributed by atoms with E-state index < -0.39 is 17.4 Å². The van der Waals surface area contributed by atoms with Crippen LogP contribution in [0.5, 0.6) is 17.2 Å². The van der Waals surface area contributed by atoms with Crippen LogP contribution >= 0.6 is 0 Å². The third-order valence-electron chi connectivity index (χ3n) is 8.00. The van der Waals surface area contributed by atoms with Crippen LogP contribution in [-0.2, 0) is 16.0 Å². The second kappa shape index (κ2) is 12.0. The van der Waals surface area contributed by atoms with Crippen molar-refractivity contribution in [1.29, 1.82) is 0 Å². The van der Waals surface area contributed by atoms with Crippen LogP contribution < -0.4 is 35.4 Å². The van der Waals surface area contributed by atoms with Crippen molar-refractivity contribution in [3.8, 4) is 28.4 Å². The third-order valence-corrected chi connectivity index (χ3v) is 8.00. The van der Waals surface area contributed by atoms with Crippen molar-refractivity contribution in [3.05, 3.63) is 45.6 Å². The minimum absolute atomic E-state index is 0.0412. The molecule has 1 fully saturated rings. The third kappa shape index (κ3) is 5.97. The van der Waals surface area contributed by atoms with Crippen LogP contribution in [0, 0.1) is 5.41 Å². The van der Waals surface area contributed by atoms with E-state index in [1.165, 1.54) is 6.92 Å². The lowest BCUT2D eigenvalue weighted by Crippen LogP contribution is -2.39. The standard InChI is InChI=1S/C30H38N2O7/c1-18(33)32-22-10-8-19-14-25(37-2)28(38-3)29(39-4)27(19)20-9-11-23(24(34)15-21(20)22)31-17-30(16-26(35)36)12-6-5-7-13-30/h9,11,14-15,22H,5-8,10,12-13,16-17H2,1-4H3,(H,31,34)(H,32,33)(H,35,36)/p-1/t22-/m0/s1. The number of hydrogen-bond donors (Lipinski definition) is 2. The smallest absolute Gasteiger partial charge is 0.217 e. The predicted octanol–water partition coefficient (Wildman–Crippen LogP) is 3.37. The van der Waals surface area contributed by atoms with Gasteiger partial charge in [0.2, 0.25) is 17.1 Å². The molecule has 9 heteroatoms. The second-order valence-electron chi connectivity index (χ2n) is 10.6. The number of aryl methyl sites for hydroxylation is 1. The van der Waals surface area contributed by atoms with E-state index in [1.54, 1.807) is 33.5 Å². The molecule has 0 aromatic heterocycles. The van der Waals surface area contributed by atoms with Gasteiger partial charge in [-0.25, -0.2) is 0 Å². The van der Waals surface area contributed by atoms with E-state index >= 15 is 0 Å². The number of fused-ring (bicyclic) bond motifs is 3. The van der Waals surface area contributed by atoms with Crippen LogP contribution in [0.4, 0.5) is 5.69 Å². The van der Waals surface area contributed by atoms with Crippen molar-refractivity contribution in [2.75, 3.05) is 33.2 Å².